The van der Waals surface area contributed by atoms with Crippen LogP contribution in [0, 0.1) is 6.92 Å². The van der Waals surface area contributed by atoms with Crippen LogP contribution < -0.4 is 0 Å². The Hall–Kier alpha value is -0.0800. The van der Waals surface area contributed by atoms with Crippen molar-refractivity contribution in [2.24, 2.45) is 0 Å². The van der Waals surface area contributed by atoms with Gasteiger partial charge >= 0.3 is 0 Å². The quantitative estimate of drug-likeness (QED) is 0.660. The minimum absolute atomic E-state index is 0.0361. The first-order valence-electron chi connectivity index (χ1n) is 4.52. The Morgan fingerprint density at radius 3 is 2.55 bits per heavy atom. The van der Waals surface area contributed by atoms with Gasteiger partial charge in [-0.25, -0.2) is 0 Å². The summed E-state index contributed by atoms with van der Waals surface area (Å²) in [6, 6.07) is 0. The maximum atomic E-state index is 9.21. The normalized spacial score (nSPS) is 22.4. The van der Waals surface area contributed by atoms with Crippen molar-refractivity contribution in [1.82, 2.24) is 4.90 Å². The second-order valence-corrected chi connectivity index (χ2v) is 3.28. The summed E-state index contributed by atoms with van der Waals surface area (Å²) in [6.45, 7) is 7.11. The fraction of sp³-hybridized carbons (Fsp3) is 0.889. The average molecular weight is 156 g/mol. The van der Waals surface area contributed by atoms with E-state index in [2.05, 4.69) is 11.8 Å². The molecule has 0 bridgehead atoms. The number of hydrogen-bond acceptors (Lipinski definition) is 2. The molecule has 0 amide bonds. The van der Waals surface area contributed by atoms with Crippen molar-refractivity contribution in [3.63, 3.8) is 0 Å². The molecule has 2 heteroatoms. The van der Waals surface area contributed by atoms with E-state index < -0.39 is 0 Å². The summed E-state index contributed by atoms with van der Waals surface area (Å²) in [7, 11) is 0. The van der Waals surface area contributed by atoms with Gasteiger partial charge in [0.2, 0.25) is 0 Å². The summed E-state index contributed by atoms with van der Waals surface area (Å²) >= 11 is 0. The summed E-state index contributed by atoms with van der Waals surface area (Å²) in [5.74, 6) is 0. The van der Waals surface area contributed by atoms with Gasteiger partial charge < -0.3 is 10.0 Å². The highest BCUT2D eigenvalue weighted by Crippen LogP contribution is 2.09. The zero-order chi connectivity index (χ0) is 8.10. The second kappa shape index (κ2) is 4.73. The van der Waals surface area contributed by atoms with Crippen LogP contribution in [0.4, 0.5) is 0 Å². The van der Waals surface area contributed by atoms with Crippen molar-refractivity contribution in [2.75, 3.05) is 19.6 Å². The standard InChI is InChI=1S/C9H18NO/c1-2-3-6-10-7-4-9(11)5-8-10/h9,11H,1-8H2. The van der Waals surface area contributed by atoms with Gasteiger partial charge in [-0.2, -0.15) is 0 Å². The fourth-order valence-electron chi connectivity index (χ4n) is 1.48. The molecule has 65 valence electrons. The SMILES string of the molecule is [CH2]CCCN1CCC(O)CC1. The highest BCUT2D eigenvalue weighted by Gasteiger charge is 2.15. The fourth-order valence-corrected chi connectivity index (χ4v) is 1.48. The predicted molar refractivity (Wildman–Crippen MR) is 46.3 cm³/mol. The number of piperidine rings is 1. The van der Waals surface area contributed by atoms with Gasteiger partial charge in [-0.1, -0.05) is 13.3 Å². The molecule has 1 saturated heterocycles. The van der Waals surface area contributed by atoms with E-state index >= 15 is 0 Å². The van der Waals surface area contributed by atoms with Crippen molar-refractivity contribution in [2.45, 2.75) is 31.8 Å². The topological polar surface area (TPSA) is 23.5 Å². The van der Waals surface area contributed by atoms with Crippen molar-refractivity contribution >= 4 is 0 Å². The van der Waals surface area contributed by atoms with E-state index in [1.165, 1.54) is 6.42 Å². The Kier molecular flexibility index (Phi) is 3.87. The Labute approximate surface area is 69.2 Å². The Morgan fingerprint density at radius 2 is 2.00 bits per heavy atom. The third-order valence-corrected chi connectivity index (χ3v) is 2.28. The molecule has 1 N–H and O–H groups in total. The van der Waals surface area contributed by atoms with Crippen LogP contribution in [0.15, 0.2) is 0 Å². The van der Waals surface area contributed by atoms with Crippen molar-refractivity contribution in [1.29, 1.82) is 0 Å². The van der Waals surface area contributed by atoms with Gasteiger partial charge in [-0.05, 0) is 25.8 Å². The lowest BCUT2D eigenvalue weighted by Crippen LogP contribution is -2.36. The van der Waals surface area contributed by atoms with Gasteiger partial charge in [-0.15, -0.1) is 0 Å². The van der Waals surface area contributed by atoms with Gasteiger partial charge in [0.15, 0.2) is 0 Å². The molecular formula is C9H18NO. The number of hydrogen-bond donors (Lipinski definition) is 1. The lowest BCUT2D eigenvalue weighted by Gasteiger charge is -2.29. The van der Waals surface area contributed by atoms with Crippen LogP contribution in [-0.2, 0) is 0 Å². The maximum absolute atomic E-state index is 9.21. The summed E-state index contributed by atoms with van der Waals surface area (Å²) in [5, 5.41) is 9.21. The van der Waals surface area contributed by atoms with E-state index in [1.807, 2.05) is 0 Å². The highest BCUT2D eigenvalue weighted by atomic mass is 16.3. The van der Waals surface area contributed by atoms with Crippen molar-refractivity contribution in [3.8, 4) is 0 Å². The van der Waals surface area contributed by atoms with Crippen molar-refractivity contribution in [3.05, 3.63) is 6.92 Å². The molecule has 11 heavy (non-hydrogen) atoms. The molecule has 1 heterocycles. The van der Waals surface area contributed by atoms with E-state index in [0.29, 0.717) is 0 Å². The molecule has 1 aliphatic heterocycles. The largest absolute Gasteiger partial charge is 0.393 e. The average Bonchev–Trinajstić information content (AvgIpc) is 2.04. The summed E-state index contributed by atoms with van der Waals surface area (Å²) < 4.78 is 0. The van der Waals surface area contributed by atoms with Crippen LogP contribution in [0.25, 0.3) is 0 Å². The Bertz CT molecular complexity index is 95.0. The third kappa shape index (κ3) is 3.21. The molecule has 0 aromatic rings. The number of likely N-dealkylation sites (tertiary alicyclic amines) is 1. The molecule has 2 nitrogen and oxygen atoms in total. The lowest BCUT2D eigenvalue weighted by atomic mass is 10.1. The van der Waals surface area contributed by atoms with E-state index in [4.69, 9.17) is 0 Å². The zero-order valence-electron chi connectivity index (χ0n) is 7.13. The smallest absolute Gasteiger partial charge is 0.0564 e. The van der Waals surface area contributed by atoms with Crippen LogP contribution in [0.5, 0.6) is 0 Å². The molecule has 0 aliphatic carbocycles. The van der Waals surface area contributed by atoms with E-state index in [-0.39, 0.29) is 6.10 Å². The highest BCUT2D eigenvalue weighted by molar-refractivity contribution is 4.70. The van der Waals surface area contributed by atoms with Gasteiger partial charge in [0.05, 0.1) is 6.10 Å². The minimum atomic E-state index is -0.0361. The molecule has 1 rings (SSSR count). The first-order valence-corrected chi connectivity index (χ1v) is 4.52. The first-order chi connectivity index (χ1) is 5.33. The van der Waals surface area contributed by atoms with Gasteiger partial charge in [-0.3, -0.25) is 0 Å². The molecule has 1 aliphatic rings. The summed E-state index contributed by atoms with van der Waals surface area (Å²) in [4.78, 5) is 2.41. The summed E-state index contributed by atoms with van der Waals surface area (Å²) in [6.07, 6.45) is 4.09. The molecule has 0 unspecified atom stereocenters. The monoisotopic (exact) mass is 156 g/mol. The molecule has 0 aromatic carbocycles. The first kappa shape index (κ1) is 9.01. The number of nitrogens with zero attached hydrogens (tertiary/aromatic N) is 1. The second-order valence-electron chi connectivity index (χ2n) is 3.28. The number of aliphatic hydroxyl groups excluding tert-OH is 1. The minimum Gasteiger partial charge on any atom is -0.393 e. The van der Waals surface area contributed by atoms with E-state index in [1.54, 1.807) is 0 Å². The number of unbranched alkanes of at least 4 members (excludes halogenated alkanes) is 1. The lowest BCUT2D eigenvalue weighted by molar-refractivity contribution is 0.0822. The van der Waals surface area contributed by atoms with Gasteiger partial charge in [0, 0.05) is 13.1 Å². The van der Waals surface area contributed by atoms with Crippen LogP contribution in [0.1, 0.15) is 25.7 Å². The van der Waals surface area contributed by atoms with Crippen LogP contribution >= 0.6 is 0 Å². The molecule has 0 atom stereocenters. The van der Waals surface area contributed by atoms with Crippen LogP contribution in [0.3, 0.4) is 0 Å². The van der Waals surface area contributed by atoms with Crippen LogP contribution in [0.2, 0.25) is 0 Å². The zero-order valence-corrected chi connectivity index (χ0v) is 7.13. The number of rotatable bonds is 3. The molecule has 0 aromatic heterocycles. The van der Waals surface area contributed by atoms with Crippen LogP contribution in [-0.4, -0.2) is 35.7 Å². The number of aliphatic hydroxyl groups is 1. The molecule has 0 saturated carbocycles. The molecular weight excluding hydrogens is 138 g/mol. The van der Waals surface area contributed by atoms with Gasteiger partial charge in [0.25, 0.3) is 0 Å². The Morgan fingerprint density at radius 1 is 1.36 bits per heavy atom. The third-order valence-electron chi connectivity index (χ3n) is 2.28. The molecule has 1 fully saturated rings. The molecule has 0 spiro atoms. The summed E-state index contributed by atoms with van der Waals surface area (Å²) in [5.41, 5.74) is 0. The predicted octanol–water partition coefficient (Wildman–Crippen LogP) is 1.06. The molecule has 1 radical (unpaired) electrons. The van der Waals surface area contributed by atoms with Gasteiger partial charge in [0.1, 0.15) is 0 Å². The Balaban J connectivity index is 2.07. The maximum Gasteiger partial charge on any atom is 0.0564 e. The van der Waals surface area contributed by atoms with E-state index in [9.17, 15) is 5.11 Å². The van der Waals surface area contributed by atoms with Crippen molar-refractivity contribution < 1.29 is 5.11 Å². The van der Waals surface area contributed by atoms with E-state index in [0.717, 1.165) is 38.9 Å².